The van der Waals surface area contributed by atoms with Gasteiger partial charge in [-0.15, -0.1) is 0 Å². The van der Waals surface area contributed by atoms with Crippen molar-refractivity contribution in [2.45, 2.75) is 51.2 Å². The summed E-state index contributed by atoms with van der Waals surface area (Å²) >= 11 is 0. The zero-order chi connectivity index (χ0) is 12.3. The quantitative estimate of drug-likeness (QED) is 0.795. The van der Waals surface area contributed by atoms with Crippen LogP contribution >= 0.6 is 0 Å². The molecule has 4 heteroatoms. The van der Waals surface area contributed by atoms with Gasteiger partial charge in [0.2, 0.25) is 5.91 Å². The van der Waals surface area contributed by atoms with Crippen LogP contribution in [-0.4, -0.2) is 59.1 Å². The molecule has 2 rings (SSSR count). The van der Waals surface area contributed by atoms with Crippen molar-refractivity contribution in [3.63, 3.8) is 0 Å². The maximum Gasteiger partial charge on any atom is 0.224 e. The third-order valence-corrected chi connectivity index (χ3v) is 4.07. The molecule has 2 heterocycles. The van der Waals surface area contributed by atoms with Crippen molar-refractivity contribution in [1.29, 1.82) is 0 Å². The molecule has 1 N–H and O–H groups in total. The summed E-state index contributed by atoms with van der Waals surface area (Å²) in [5, 5.41) is 9.41. The first-order chi connectivity index (χ1) is 8.16. The number of hydrogen-bond donors (Lipinski definition) is 1. The van der Waals surface area contributed by atoms with Crippen LogP contribution in [0.25, 0.3) is 0 Å². The highest BCUT2D eigenvalue weighted by Gasteiger charge is 2.25. The number of nitrogens with zero attached hydrogens (tertiary/aromatic N) is 2. The topological polar surface area (TPSA) is 43.8 Å². The molecule has 2 aliphatic rings. The molecule has 1 amide bonds. The molecule has 0 aliphatic carbocycles. The number of aliphatic hydroxyl groups excluding tert-OH is 1. The van der Waals surface area contributed by atoms with E-state index >= 15 is 0 Å². The Labute approximate surface area is 104 Å². The summed E-state index contributed by atoms with van der Waals surface area (Å²) in [5.74, 6) is 0.307. The van der Waals surface area contributed by atoms with Crippen molar-refractivity contribution in [2.75, 3.05) is 26.2 Å². The largest absolute Gasteiger partial charge is 0.393 e. The van der Waals surface area contributed by atoms with Crippen LogP contribution in [0, 0.1) is 0 Å². The van der Waals surface area contributed by atoms with Crippen LogP contribution < -0.4 is 0 Å². The highest BCUT2D eigenvalue weighted by atomic mass is 16.3. The molecule has 0 aromatic heterocycles. The SMILES string of the molecule is CC1CCCN1C(=O)CCN1CCC(O)CC1. The zero-order valence-electron chi connectivity index (χ0n) is 10.8. The average molecular weight is 240 g/mol. The second-order valence-corrected chi connectivity index (χ2v) is 5.40. The van der Waals surface area contributed by atoms with Gasteiger partial charge in [-0.1, -0.05) is 0 Å². The van der Waals surface area contributed by atoms with Gasteiger partial charge in [-0.05, 0) is 32.6 Å². The van der Waals surface area contributed by atoms with E-state index in [0.717, 1.165) is 51.9 Å². The zero-order valence-corrected chi connectivity index (χ0v) is 10.8. The maximum atomic E-state index is 12.0. The Morgan fingerprint density at radius 2 is 1.94 bits per heavy atom. The lowest BCUT2D eigenvalue weighted by Crippen LogP contribution is -2.40. The lowest BCUT2D eigenvalue weighted by molar-refractivity contribution is -0.132. The number of amides is 1. The average Bonchev–Trinajstić information content (AvgIpc) is 2.74. The predicted molar refractivity (Wildman–Crippen MR) is 66.7 cm³/mol. The second kappa shape index (κ2) is 5.83. The van der Waals surface area contributed by atoms with Gasteiger partial charge in [0, 0.05) is 38.6 Å². The number of carbonyl (C=O) groups excluding carboxylic acids is 1. The number of likely N-dealkylation sites (tertiary alicyclic amines) is 2. The van der Waals surface area contributed by atoms with E-state index in [4.69, 9.17) is 0 Å². The molecule has 0 radical (unpaired) electrons. The monoisotopic (exact) mass is 240 g/mol. The van der Waals surface area contributed by atoms with E-state index in [1.807, 2.05) is 4.90 Å². The number of piperidine rings is 1. The summed E-state index contributed by atoms with van der Waals surface area (Å²) in [5.41, 5.74) is 0. The van der Waals surface area contributed by atoms with E-state index in [0.29, 0.717) is 18.4 Å². The molecule has 4 nitrogen and oxygen atoms in total. The van der Waals surface area contributed by atoms with E-state index in [9.17, 15) is 9.90 Å². The fourth-order valence-electron chi connectivity index (χ4n) is 2.84. The summed E-state index contributed by atoms with van der Waals surface area (Å²) in [6.07, 6.45) is 4.54. The molecule has 2 saturated heterocycles. The van der Waals surface area contributed by atoms with Crippen molar-refractivity contribution in [1.82, 2.24) is 9.80 Å². The molecule has 2 aliphatic heterocycles. The Hall–Kier alpha value is -0.610. The van der Waals surface area contributed by atoms with E-state index in [2.05, 4.69) is 11.8 Å². The Morgan fingerprint density at radius 3 is 2.53 bits per heavy atom. The Bertz CT molecular complexity index is 262. The lowest BCUT2D eigenvalue weighted by atomic mass is 10.1. The summed E-state index contributed by atoms with van der Waals surface area (Å²) in [4.78, 5) is 16.3. The first kappa shape index (κ1) is 12.8. The third-order valence-electron chi connectivity index (χ3n) is 4.07. The van der Waals surface area contributed by atoms with E-state index in [1.54, 1.807) is 0 Å². The fourth-order valence-corrected chi connectivity index (χ4v) is 2.84. The van der Waals surface area contributed by atoms with E-state index in [-0.39, 0.29) is 6.10 Å². The molecule has 1 atom stereocenters. The van der Waals surface area contributed by atoms with Crippen LogP contribution in [0.1, 0.15) is 39.0 Å². The first-order valence-corrected chi connectivity index (χ1v) is 6.86. The van der Waals surface area contributed by atoms with E-state index < -0.39 is 0 Å². The van der Waals surface area contributed by atoms with Gasteiger partial charge >= 0.3 is 0 Å². The van der Waals surface area contributed by atoms with Gasteiger partial charge in [-0.2, -0.15) is 0 Å². The number of aliphatic hydroxyl groups is 1. The van der Waals surface area contributed by atoms with Crippen LogP contribution in [0.3, 0.4) is 0 Å². The van der Waals surface area contributed by atoms with Gasteiger partial charge in [0.15, 0.2) is 0 Å². The van der Waals surface area contributed by atoms with Crippen molar-refractivity contribution in [3.05, 3.63) is 0 Å². The van der Waals surface area contributed by atoms with Crippen LogP contribution in [0.2, 0.25) is 0 Å². The smallest absolute Gasteiger partial charge is 0.224 e. The van der Waals surface area contributed by atoms with Crippen molar-refractivity contribution < 1.29 is 9.90 Å². The van der Waals surface area contributed by atoms with Gasteiger partial charge < -0.3 is 14.9 Å². The molecule has 0 spiro atoms. The second-order valence-electron chi connectivity index (χ2n) is 5.40. The molecule has 98 valence electrons. The minimum absolute atomic E-state index is 0.124. The van der Waals surface area contributed by atoms with Gasteiger partial charge in [-0.3, -0.25) is 4.79 Å². The summed E-state index contributed by atoms with van der Waals surface area (Å²) in [6.45, 7) is 5.81. The maximum absolute atomic E-state index is 12.0. The lowest BCUT2D eigenvalue weighted by Gasteiger charge is -2.30. The van der Waals surface area contributed by atoms with E-state index in [1.165, 1.54) is 0 Å². The van der Waals surface area contributed by atoms with Crippen molar-refractivity contribution in [3.8, 4) is 0 Å². The van der Waals surface area contributed by atoms with Gasteiger partial charge in [0.05, 0.1) is 6.10 Å². The van der Waals surface area contributed by atoms with Gasteiger partial charge in [-0.25, -0.2) is 0 Å². The first-order valence-electron chi connectivity index (χ1n) is 6.86. The fraction of sp³-hybridized carbons (Fsp3) is 0.923. The molecule has 2 fully saturated rings. The number of carbonyl (C=O) groups is 1. The van der Waals surface area contributed by atoms with Gasteiger partial charge in [0.25, 0.3) is 0 Å². The van der Waals surface area contributed by atoms with Gasteiger partial charge in [0.1, 0.15) is 0 Å². The number of hydrogen-bond acceptors (Lipinski definition) is 3. The molecule has 0 aromatic rings. The Balaban J connectivity index is 1.69. The standard InChI is InChI=1S/C13H24N2O2/c1-11-3-2-7-15(11)13(17)6-10-14-8-4-12(16)5-9-14/h11-12,16H,2-10H2,1H3. The Morgan fingerprint density at radius 1 is 1.24 bits per heavy atom. The summed E-state index contributed by atoms with van der Waals surface area (Å²) in [6, 6.07) is 0.436. The molecule has 0 saturated carbocycles. The molecular weight excluding hydrogens is 216 g/mol. The molecule has 17 heavy (non-hydrogen) atoms. The van der Waals surface area contributed by atoms with Crippen LogP contribution in [-0.2, 0) is 4.79 Å². The highest BCUT2D eigenvalue weighted by molar-refractivity contribution is 5.77. The van der Waals surface area contributed by atoms with Crippen molar-refractivity contribution >= 4 is 5.91 Å². The van der Waals surface area contributed by atoms with Crippen molar-refractivity contribution in [2.24, 2.45) is 0 Å². The molecule has 0 bridgehead atoms. The highest BCUT2D eigenvalue weighted by Crippen LogP contribution is 2.18. The molecule has 0 aromatic carbocycles. The number of rotatable bonds is 3. The van der Waals surface area contributed by atoms with Crippen LogP contribution in [0.15, 0.2) is 0 Å². The molecule has 1 unspecified atom stereocenters. The third kappa shape index (κ3) is 3.42. The molecular formula is C13H24N2O2. The minimum Gasteiger partial charge on any atom is -0.393 e. The van der Waals surface area contributed by atoms with Crippen LogP contribution in [0.4, 0.5) is 0 Å². The Kier molecular flexibility index (Phi) is 4.40. The normalized spacial score (nSPS) is 27.6. The van der Waals surface area contributed by atoms with Crippen LogP contribution in [0.5, 0.6) is 0 Å². The summed E-state index contributed by atoms with van der Waals surface area (Å²) < 4.78 is 0. The minimum atomic E-state index is -0.124. The summed E-state index contributed by atoms with van der Waals surface area (Å²) in [7, 11) is 0. The predicted octanol–water partition coefficient (Wildman–Crippen LogP) is 0.844.